The third-order valence-electron chi connectivity index (χ3n) is 3.21. The fourth-order valence-corrected chi connectivity index (χ4v) is 2.06. The van der Waals surface area contributed by atoms with E-state index in [9.17, 15) is 9.59 Å². The summed E-state index contributed by atoms with van der Waals surface area (Å²) in [5.41, 5.74) is 0.547. The zero-order valence-corrected chi connectivity index (χ0v) is 14.0. The van der Waals surface area contributed by atoms with E-state index in [1.807, 2.05) is 0 Å². The molecule has 1 aromatic heterocycles. The number of rotatable bonds is 7. The summed E-state index contributed by atoms with van der Waals surface area (Å²) >= 11 is 5.73. The first-order chi connectivity index (χ1) is 11.6. The zero-order chi connectivity index (χ0) is 17.4. The molecule has 2 aromatic rings. The van der Waals surface area contributed by atoms with Gasteiger partial charge >= 0.3 is 0 Å². The third kappa shape index (κ3) is 5.55. The molecule has 24 heavy (non-hydrogen) atoms. The van der Waals surface area contributed by atoms with Crippen LogP contribution >= 0.6 is 11.6 Å². The molecule has 0 aliphatic carbocycles. The highest BCUT2D eigenvalue weighted by atomic mass is 35.5. The molecule has 0 aliphatic heterocycles. The van der Waals surface area contributed by atoms with Gasteiger partial charge in [-0.2, -0.15) is 0 Å². The monoisotopic (exact) mass is 347 g/mol. The van der Waals surface area contributed by atoms with Gasteiger partial charge in [0.05, 0.1) is 12.1 Å². The molecule has 1 aromatic carbocycles. The molecule has 0 unspecified atom stereocenters. The predicted molar refractivity (Wildman–Crippen MR) is 92.4 cm³/mol. The summed E-state index contributed by atoms with van der Waals surface area (Å²) in [5, 5.41) is 5.95. The molecule has 0 radical (unpaired) electrons. The lowest BCUT2D eigenvalue weighted by molar-refractivity contribution is -0.116. The van der Waals surface area contributed by atoms with E-state index in [1.54, 1.807) is 43.5 Å². The van der Waals surface area contributed by atoms with E-state index in [1.165, 1.54) is 6.20 Å². The van der Waals surface area contributed by atoms with Crippen molar-refractivity contribution in [2.45, 2.75) is 12.8 Å². The van der Waals surface area contributed by atoms with Gasteiger partial charge in [-0.3, -0.25) is 9.59 Å². The van der Waals surface area contributed by atoms with Gasteiger partial charge in [0.1, 0.15) is 11.6 Å². The van der Waals surface area contributed by atoms with Crippen molar-refractivity contribution in [1.29, 1.82) is 0 Å². The van der Waals surface area contributed by atoms with Crippen LogP contribution in [0.25, 0.3) is 0 Å². The average Bonchev–Trinajstić information content (AvgIpc) is 2.60. The summed E-state index contributed by atoms with van der Waals surface area (Å²) < 4.78 is 5.04. The Balaban J connectivity index is 1.68. The molecule has 2 N–H and O–H groups in total. The Bertz CT molecular complexity index is 687. The summed E-state index contributed by atoms with van der Waals surface area (Å²) in [6.07, 6.45) is 2.28. The number of ether oxygens (including phenoxy) is 1. The quantitative estimate of drug-likeness (QED) is 0.755. The highest BCUT2D eigenvalue weighted by Crippen LogP contribution is 2.11. The Morgan fingerprint density at radius 3 is 2.54 bits per heavy atom. The van der Waals surface area contributed by atoms with E-state index in [4.69, 9.17) is 16.3 Å². The van der Waals surface area contributed by atoms with Gasteiger partial charge in [0.15, 0.2) is 0 Å². The maximum atomic E-state index is 11.9. The number of hydrogen-bond donors (Lipinski definition) is 2. The lowest BCUT2D eigenvalue weighted by Crippen LogP contribution is -2.25. The van der Waals surface area contributed by atoms with Gasteiger partial charge in [-0.25, -0.2) is 4.98 Å². The molecule has 126 valence electrons. The highest BCUT2D eigenvalue weighted by Gasteiger charge is 2.06. The standard InChI is InChI=1S/C17H18ClN3O3/c1-24-14-7-4-12(5-8-14)17(23)19-10-2-3-16(22)21-15-9-6-13(18)11-20-15/h4-9,11H,2-3,10H2,1H3,(H,19,23)(H,20,21,22). The molecule has 0 saturated carbocycles. The van der Waals surface area contributed by atoms with Gasteiger partial charge in [-0.1, -0.05) is 11.6 Å². The van der Waals surface area contributed by atoms with E-state index in [2.05, 4.69) is 15.6 Å². The normalized spacial score (nSPS) is 10.1. The molecule has 0 fully saturated rings. The maximum absolute atomic E-state index is 11.9. The fraction of sp³-hybridized carbons (Fsp3) is 0.235. The Kier molecular flexibility index (Phi) is 6.57. The van der Waals surface area contributed by atoms with Crippen LogP contribution in [0.5, 0.6) is 5.75 Å². The first kappa shape index (κ1) is 17.7. The molecule has 7 heteroatoms. The molecule has 0 aliphatic rings. The largest absolute Gasteiger partial charge is 0.497 e. The Labute approximate surface area is 145 Å². The summed E-state index contributed by atoms with van der Waals surface area (Å²) in [7, 11) is 1.57. The zero-order valence-electron chi connectivity index (χ0n) is 13.2. The van der Waals surface area contributed by atoms with Crippen molar-refractivity contribution in [3.05, 3.63) is 53.2 Å². The van der Waals surface area contributed by atoms with Crippen molar-refractivity contribution >= 4 is 29.2 Å². The van der Waals surface area contributed by atoms with Crippen LogP contribution in [0.2, 0.25) is 5.02 Å². The second-order valence-corrected chi connectivity index (χ2v) is 5.43. The van der Waals surface area contributed by atoms with Crippen LogP contribution < -0.4 is 15.4 Å². The number of nitrogens with zero attached hydrogens (tertiary/aromatic N) is 1. The second-order valence-electron chi connectivity index (χ2n) is 5.00. The van der Waals surface area contributed by atoms with Crippen LogP contribution in [0.3, 0.4) is 0 Å². The number of hydrogen-bond acceptors (Lipinski definition) is 4. The summed E-state index contributed by atoms with van der Waals surface area (Å²) in [5.74, 6) is 0.798. The number of anilines is 1. The minimum absolute atomic E-state index is 0.163. The number of benzene rings is 1. The van der Waals surface area contributed by atoms with Crippen LogP contribution in [0.1, 0.15) is 23.2 Å². The SMILES string of the molecule is COc1ccc(C(=O)NCCCC(=O)Nc2ccc(Cl)cn2)cc1. The molecule has 0 saturated heterocycles. The van der Waals surface area contributed by atoms with Gasteiger partial charge < -0.3 is 15.4 Å². The number of methoxy groups -OCH3 is 1. The maximum Gasteiger partial charge on any atom is 0.251 e. The van der Waals surface area contributed by atoms with E-state index in [0.29, 0.717) is 35.1 Å². The van der Waals surface area contributed by atoms with Crippen molar-refractivity contribution in [3.8, 4) is 5.75 Å². The molecule has 0 bridgehead atoms. The minimum Gasteiger partial charge on any atom is -0.497 e. The summed E-state index contributed by atoms with van der Waals surface area (Å²) in [4.78, 5) is 27.7. The van der Waals surface area contributed by atoms with Gasteiger partial charge in [-0.05, 0) is 42.8 Å². The van der Waals surface area contributed by atoms with Crippen LogP contribution in [0.15, 0.2) is 42.6 Å². The number of aromatic nitrogens is 1. The Hall–Kier alpha value is -2.60. The highest BCUT2D eigenvalue weighted by molar-refractivity contribution is 6.30. The number of amides is 2. The summed E-state index contributed by atoms with van der Waals surface area (Å²) in [6, 6.07) is 10.1. The number of carbonyl (C=O) groups excluding carboxylic acids is 2. The number of halogens is 1. The van der Waals surface area contributed by atoms with Crippen LogP contribution in [-0.4, -0.2) is 30.5 Å². The van der Waals surface area contributed by atoms with Crippen molar-refractivity contribution < 1.29 is 14.3 Å². The van der Waals surface area contributed by atoms with Crippen LogP contribution in [0.4, 0.5) is 5.82 Å². The average molecular weight is 348 g/mol. The molecule has 2 rings (SSSR count). The predicted octanol–water partition coefficient (Wildman–Crippen LogP) is 2.89. The van der Waals surface area contributed by atoms with Crippen molar-refractivity contribution in [1.82, 2.24) is 10.3 Å². The first-order valence-corrected chi connectivity index (χ1v) is 7.80. The van der Waals surface area contributed by atoms with Gasteiger partial charge in [0.25, 0.3) is 5.91 Å². The molecular weight excluding hydrogens is 330 g/mol. The van der Waals surface area contributed by atoms with Gasteiger partial charge in [0, 0.05) is 24.7 Å². The van der Waals surface area contributed by atoms with Crippen LogP contribution in [-0.2, 0) is 4.79 Å². The third-order valence-corrected chi connectivity index (χ3v) is 3.44. The fourth-order valence-electron chi connectivity index (χ4n) is 1.95. The molecule has 6 nitrogen and oxygen atoms in total. The van der Waals surface area contributed by atoms with Gasteiger partial charge in [0.2, 0.25) is 5.91 Å². The molecule has 2 amide bonds. The Morgan fingerprint density at radius 2 is 1.92 bits per heavy atom. The van der Waals surface area contributed by atoms with E-state index in [0.717, 1.165) is 0 Å². The number of carbonyl (C=O) groups is 2. The Morgan fingerprint density at radius 1 is 1.17 bits per heavy atom. The lowest BCUT2D eigenvalue weighted by Gasteiger charge is -2.07. The van der Waals surface area contributed by atoms with Crippen LogP contribution in [0, 0.1) is 0 Å². The number of pyridine rings is 1. The van der Waals surface area contributed by atoms with Crippen molar-refractivity contribution in [2.75, 3.05) is 19.0 Å². The molecule has 0 spiro atoms. The molecule has 1 heterocycles. The van der Waals surface area contributed by atoms with Gasteiger partial charge in [-0.15, -0.1) is 0 Å². The van der Waals surface area contributed by atoms with E-state index < -0.39 is 0 Å². The molecule has 0 atom stereocenters. The first-order valence-electron chi connectivity index (χ1n) is 7.42. The van der Waals surface area contributed by atoms with E-state index >= 15 is 0 Å². The topological polar surface area (TPSA) is 80.3 Å². The van der Waals surface area contributed by atoms with E-state index in [-0.39, 0.29) is 18.2 Å². The minimum atomic E-state index is -0.183. The summed E-state index contributed by atoms with van der Waals surface area (Å²) in [6.45, 7) is 0.409. The number of nitrogens with one attached hydrogen (secondary N) is 2. The van der Waals surface area contributed by atoms with Crippen molar-refractivity contribution in [2.24, 2.45) is 0 Å². The smallest absolute Gasteiger partial charge is 0.251 e. The second kappa shape index (κ2) is 8.88. The molecular formula is C17H18ClN3O3. The lowest BCUT2D eigenvalue weighted by atomic mass is 10.2. The van der Waals surface area contributed by atoms with Crippen molar-refractivity contribution in [3.63, 3.8) is 0 Å².